The molecule has 9 heteroatoms. The minimum absolute atomic E-state index is 0.0463. The molecular weight excluding hydrogens is 462 g/mol. The van der Waals surface area contributed by atoms with Gasteiger partial charge in [0.05, 0.1) is 20.4 Å². The average molecular weight is 490 g/mol. The molecule has 0 bridgehead atoms. The molecular formula is C27H27N3O6. The van der Waals surface area contributed by atoms with Crippen molar-refractivity contribution in [2.75, 3.05) is 14.2 Å². The molecule has 3 aromatic rings. The van der Waals surface area contributed by atoms with E-state index in [0.717, 1.165) is 0 Å². The number of aryl methyl sites for hydroxylation is 1. The van der Waals surface area contributed by atoms with Crippen LogP contribution in [0.1, 0.15) is 32.6 Å². The van der Waals surface area contributed by atoms with Crippen molar-refractivity contribution in [3.8, 4) is 23.0 Å². The summed E-state index contributed by atoms with van der Waals surface area (Å²) in [6.07, 6.45) is 2.74. The molecule has 0 heterocycles. The Kier molecular flexibility index (Phi) is 8.30. The van der Waals surface area contributed by atoms with Crippen LogP contribution in [0.2, 0.25) is 0 Å². The zero-order valence-corrected chi connectivity index (χ0v) is 20.3. The van der Waals surface area contributed by atoms with E-state index >= 15 is 0 Å². The zero-order chi connectivity index (χ0) is 26.2. The smallest absolute Gasteiger partial charge is 0.287 e. The fourth-order valence-corrected chi connectivity index (χ4v) is 3.33. The molecule has 186 valence electrons. The molecule has 36 heavy (non-hydrogen) atoms. The molecule has 3 aromatic carbocycles. The van der Waals surface area contributed by atoms with Crippen LogP contribution in [0.25, 0.3) is 6.08 Å². The average Bonchev–Trinajstić information content (AvgIpc) is 2.89. The van der Waals surface area contributed by atoms with E-state index in [4.69, 9.17) is 9.47 Å². The maximum atomic E-state index is 13.0. The second-order valence-electron chi connectivity index (χ2n) is 7.79. The van der Waals surface area contributed by atoms with E-state index in [0.29, 0.717) is 33.8 Å². The van der Waals surface area contributed by atoms with Crippen molar-refractivity contribution in [1.82, 2.24) is 10.7 Å². The third-order valence-corrected chi connectivity index (χ3v) is 5.38. The largest absolute Gasteiger partial charge is 0.508 e. The van der Waals surface area contributed by atoms with E-state index in [9.17, 15) is 19.8 Å². The summed E-state index contributed by atoms with van der Waals surface area (Å²) in [6, 6.07) is 15.0. The molecule has 0 spiro atoms. The Hall–Kier alpha value is -4.79. The van der Waals surface area contributed by atoms with Gasteiger partial charge in [0.1, 0.15) is 17.2 Å². The van der Waals surface area contributed by atoms with Crippen LogP contribution in [0.5, 0.6) is 23.0 Å². The lowest BCUT2D eigenvalue weighted by Crippen LogP contribution is -2.32. The highest BCUT2D eigenvalue weighted by atomic mass is 16.5. The third-order valence-electron chi connectivity index (χ3n) is 5.38. The normalized spacial score (nSPS) is 11.3. The molecule has 0 atom stereocenters. The lowest BCUT2D eigenvalue weighted by Gasteiger charge is -2.11. The molecule has 4 N–H and O–H groups in total. The first-order chi connectivity index (χ1) is 17.2. The molecule has 3 rings (SSSR count). The molecule has 9 nitrogen and oxygen atoms in total. The second kappa shape index (κ2) is 11.6. The van der Waals surface area contributed by atoms with Crippen LogP contribution in [0.4, 0.5) is 0 Å². The van der Waals surface area contributed by atoms with Gasteiger partial charge in [-0.1, -0.05) is 24.3 Å². The van der Waals surface area contributed by atoms with Gasteiger partial charge in [-0.05, 0) is 61.4 Å². The molecule has 0 radical (unpaired) electrons. The third kappa shape index (κ3) is 6.01. The number of ether oxygens (including phenoxy) is 2. The number of benzene rings is 3. The standard InChI is InChI=1S/C27H27N3O6/c1-16-12-22(31)17(2)25(32)20(16)15-28-30-27(34)21(29-26(33)19-8-6-5-7-9-19)13-18-10-11-23(35-3)24(14-18)36-4/h5-15,31-32H,1-4H3,(H,29,33)(H,30,34)/b21-13?,28-15+. The van der Waals surface area contributed by atoms with Gasteiger partial charge in [0.15, 0.2) is 11.5 Å². The predicted octanol–water partition coefficient (Wildman–Crippen LogP) is 3.65. The lowest BCUT2D eigenvalue weighted by atomic mass is 10.0. The fourth-order valence-electron chi connectivity index (χ4n) is 3.33. The lowest BCUT2D eigenvalue weighted by molar-refractivity contribution is -0.117. The summed E-state index contributed by atoms with van der Waals surface area (Å²) >= 11 is 0. The van der Waals surface area contributed by atoms with E-state index in [1.165, 1.54) is 32.6 Å². The van der Waals surface area contributed by atoms with Crippen LogP contribution in [-0.4, -0.2) is 42.5 Å². The predicted molar refractivity (Wildman–Crippen MR) is 136 cm³/mol. The summed E-state index contributed by atoms with van der Waals surface area (Å²) in [5.74, 6) is -0.411. The first-order valence-electron chi connectivity index (χ1n) is 10.9. The first-order valence-corrected chi connectivity index (χ1v) is 10.9. The van der Waals surface area contributed by atoms with E-state index in [2.05, 4.69) is 15.8 Å². The summed E-state index contributed by atoms with van der Waals surface area (Å²) in [4.78, 5) is 25.8. The number of rotatable bonds is 8. The van der Waals surface area contributed by atoms with Gasteiger partial charge in [-0.25, -0.2) is 5.43 Å². The molecule has 0 saturated carbocycles. The highest BCUT2D eigenvalue weighted by molar-refractivity contribution is 6.05. The van der Waals surface area contributed by atoms with Gasteiger partial charge in [0, 0.05) is 16.7 Å². The zero-order valence-electron chi connectivity index (χ0n) is 20.3. The Balaban J connectivity index is 1.91. The first kappa shape index (κ1) is 25.8. The number of nitrogens with one attached hydrogen (secondary N) is 2. The minimum atomic E-state index is -0.696. The Morgan fingerprint density at radius 2 is 1.64 bits per heavy atom. The van der Waals surface area contributed by atoms with Crippen LogP contribution < -0.4 is 20.2 Å². The van der Waals surface area contributed by atoms with Gasteiger partial charge < -0.3 is 25.0 Å². The molecule has 0 aliphatic carbocycles. The number of hydrogen-bond acceptors (Lipinski definition) is 7. The van der Waals surface area contributed by atoms with Crippen molar-refractivity contribution < 1.29 is 29.3 Å². The highest BCUT2D eigenvalue weighted by Gasteiger charge is 2.16. The van der Waals surface area contributed by atoms with Crippen molar-refractivity contribution in [2.24, 2.45) is 5.10 Å². The van der Waals surface area contributed by atoms with Gasteiger partial charge in [-0.3, -0.25) is 9.59 Å². The quantitative estimate of drug-likeness (QED) is 0.217. The second-order valence-corrected chi connectivity index (χ2v) is 7.79. The highest BCUT2D eigenvalue weighted by Crippen LogP contribution is 2.31. The molecule has 0 unspecified atom stereocenters. The van der Waals surface area contributed by atoms with Gasteiger partial charge in [-0.15, -0.1) is 0 Å². The summed E-state index contributed by atoms with van der Waals surface area (Å²) in [7, 11) is 3.01. The van der Waals surface area contributed by atoms with E-state index < -0.39 is 11.8 Å². The molecule has 0 saturated heterocycles. The van der Waals surface area contributed by atoms with Gasteiger partial charge in [-0.2, -0.15) is 5.10 Å². The molecule has 0 fully saturated rings. The summed E-state index contributed by atoms with van der Waals surface area (Å²) in [6.45, 7) is 3.24. The van der Waals surface area contributed by atoms with Crippen LogP contribution in [0.15, 0.2) is 65.4 Å². The maximum absolute atomic E-state index is 13.0. The van der Waals surface area contributed by atoms with Crippen LogP contribution in [0, 0.1) is 13.8 Å². The number of carbonyl (C=O) groups is 2. The van der Waals surface area contributed by atoms with E-state index in [-0.39, 0.29) is 22.8 Å². The van der Waals surface area contributed by atoms with Crippen LogP contribution >= 0.6 is 0 Å². The molecule has 0 aliphatic heterocycles. The number of aromatic hydroxyl groups is 2. The Labute approximate surface area is 208 Å². The fraction of sp³-hybridized carbons (Fsp3) is 0.148. The van der Waals surface area contributed by atoms with E-state index in [1.807, 2.05) is 0 Å². The van der Waals surface area contributed by atoms with Crippen LogP contribution in [-0.2, 0) is 4.79 Å². The number of methoxy groups -OCH3 is 2. The topological polar surface area (TPSA) is 129 Å². The number of phenolic OH excluding ortho intramolecular Hbond substituents is 2. The molecule has 2 amide bonds. The SMILES string of the molecule is COc1ccc(C=C(NC(=O)c2ccccc2)C(=O)N/N=C/c2c(C)cc(O)c(C)c2O)cc1OC. The van der Waals surface area contributed by atoms with Crippen molar-refractivity contribution >= 4 is 24.1 Å². The Morgan fingerprint density at radius 3 is 2.31 bits per heavy atom. The maximum Gasteiger partial charge on any atom is 0.287 e. The van der Waals surface area contributed by atoms with Crippen LogP contribution in [0.3, 0.4) is 0 Å². The van der Waals surface area contributed by atoms with Crippen molar-refractivity contribution in [2.45, 2.75) is 13.8 Å². The number of nitrogens with zero attached hydrogens (tertiary/aromatic N) is 1. The number of amides is 2. The van der Waals surface area contributed by atoms with Crippen molar-refractivity contribution in [1.29, 1.82) is 0 Å². The number of phenols is 2. The Morgan fingerprint density at radius 1 is 0.944 bits per heavy atom. The van der Waals surface area contributed by atoms with Gasteiger partial charge in [0.2, 0.25) is 0 Å². The number of carbonyl (C=O) groups excluding carboxylic acids is 2. The monoisotopic (exact) mass is 489 g/mol. The summed E-state index contributed by atoms with van der Waals surface area (Å²) in [5, 5.41) is 26.7. The summed E-state index contributed by atoms with van der Waals surface area (Å²) < 4.78 is 10.6. The van der Waals surface area contributed by atoms with Crippen molar-refractivity contribution in [3.05, 3.63) is 88.1 Å². The molecule has 0 aromatic heterocycles. The van der Waals surface area contributed by atoms with Gasteiger partial charge >= 0.3 is 0 Å². The van der Waals surface area contributed by atoms with Crippen molar-refractivity contribution in [3.63, 3.8) is 0 Å². The summed E-state index contributed by atoms with van der Waals surface area (Å²) in [5.41, 5.74) is 4.42. The number of hydrazone groups is 1. The molecule has 0 aliphatic rings. The minimum Gasteiger partial charge on any atom is -0.508 e. The van der Waals surface area contributed by atoms with E-state index in [1.54, 1.807) is 62.4 Å². The van der Waals surface area contributed by atoms with Gasteiger partial charge in [0.25, 0.3) is 11.8 Å². The Bertz CT molecular complexity index is 1330. The number of hydrogen-bond donors (Lipinski definition) is 4.